The molecule has 0 amide bonds. The topological polar surface area (TPSA) is 33.1 Å². The average Bonchev–Trinajstić information content (AvgIpc) is 3.19. The smallest absolute Gasteiger partial charge is 0.170 e. The summed E-state index contributed by atoms with van der Waals surface area (Å²) in [7, 11) is 2.12. The van der Waals surface area contributed by atoms with E-state index in [1.165, 1.54) is 37.8 Å². The number of rotatable bonds is 3. The zero-order valence-electron chi connectivity index (χ0n) is 14.1. The summed E-state index contributed by atoms with van der Waals surface area (Å²) in [6, 6.07) is 11.3. The second-order valence-corrected chi connectivity index (χ2v) is 7.26. The van der Waals surface area contributed by atoms with Gasteiger partial charge in [-0.3, -0.25) is 4.98 Å². The highest BCUT2D eigenvalue weighted by Gasteiger charge is 2.43. The van der Waals surface area contributed by atoms with Crippen LogP contribution in [0.25, 0.3) is 0 Å². The molecule has 1 aliphatic heterocycles. The van der Waals surface area contributed by atoms with Crippen molar-refractivity contribution in [3.8, 4) is 0 Å². The SMILES string of the molecule is Cn1cccc1[C@@H]1[C@@H](c2ccccn2)NC(=S)N1C1CCCCC1. The molecular weight excluding hydrogens is 316 g/mol. The molecule has 2 aromatic rings. The Kier molecular flexibility index (Phi) is 4.27. The van der Waals surface area contributed by atoms with Crippen molar-refractivity contribution in [2.45, 2.75) is 50.2 Å². The minimum absolute atomic E-state index is 0.106. The maximum atomic E-state index is 5.77. The van der Waals surface area contributed by atoms with Crippen molar-refractivity contribution in [1.82, 2.24) is 19.8 Å². The van der Waals surface area contributed by atoms with Crippen LogP contribution in [-0.4, -0.2) is 25.6 Å². The van der Waals surface area contributed by atoms with Crippen LogP contribution in [0.4, 0.5) is 0 Å². The lowest BCUT2D eigenvalue weighted by Gasteiger charge is -2.37. The van der Waals surface area contributed by atoms with Crippen molar-refractivity contribution < 1.29 is 0 Å². The number of thiocarbonyl (C=S) groups is 1. The largest absolute Gasteiger partial charge is 0.353 e. The highest BCUT2D eigenvalue weighted by Crippen LogP contribution is 2.42. The predicted molar refractivity (Wildman–Crippen MR) is 99.6 cm³/mol. The van der Waals surface area contributed by atoms with Gasteiger partial charge in [-0.05, 0) is 49.3 Å². The third-order valence-corrected chi connectivity index (χ3v) is 5.72. The van der Waals surface area contributed by atoms with Crippen LogP contribution in [0.3, 0.4) is 0 Å². The van der Waals surface area contributed by atoms with Crippen LogP contribution in [0.1, 0.15) is 55.6 Å². The van der Waals surface area contributed by atoms with Crippen molar-refractivity contribution in [2.75, 3.05) is 0 Å². The zero-order valence-corrected chi connectivity index (χ0v) is 14.9. The number of nitrogens with one attached hydrogen (secondary N) is 1. The van der Waals surface area contributed by atoms with Gasteiger partial charge >= 0.3 is 0 Å². The molecule has 0 spiro atoms. The third kappa shape index (κ3) is 2.71. The zero-order chi connectivity index (χ0) is 16.5. The Hall–Kier alpha value is -1.88. The van der Waals surface area contributed by atoms with Gasteiger partial charge in [-0.15, -0.1) is 0 Å². The summed E-state index contributed by atoms with van der Waals surface area (Å²) in [4.78, 5) is 7.07. The van der Waals surface area contributed by atoms with Crippen LogP contribution >= 0.6 is 12.2 Å². The number of hydrogen-bond acceptors (Lipinski definition) is 2. The van der Waals surface area contributed by atoms with Crippen LogP contribution in [0.5, 0.6) is 0 Å². The molecule has 3 heterocycles. The first-order valence-electron chi connectivity index (χ1n) is 8.86. The quantitative estimate of drug-likeness (QED) is 0.863. The first-order valence-corrected chi connectivity index (χ1v) is 9.27. The lowest BCUT2D eigenvalue weighted by molar-refractivity contribution is 0.192. The van der Waals surface area contributed by atoms with Crippen LogP contribution in [-0.2, 0) is 7.05 Å². The van der Waals surface area contributed by atoms with E-state index in [0.717, 1.165) is 10.8 Å². The molecule has 2 fully saturated rings. The van der Waals surface area contributed by atoms with Gasteiger partial charge in [0, 0.05) is 31.2 Å². The summed E-state index contributed by atoms with van der Waals surface area (Å²) < 4.78 is 2.21. The molecule has 126 valence electrons. The molecular formula is C19H24N4S. The second kappa shape index (κ2) is 6.55. The summed E-state index contributed by atoms with van der Waals surface area (Å²) >= 11 is 5.77. The number of pyridine rings is 1. The average molecular weight is 340 g/mol. The molecule has 4 nitrogen and oxygen atoms in total. The molecule has 2 aromatic heterocycles. The van der Waals surface area contributed by atoms with Gasteiger partial charge in [-0.25, -0.2) is 0 Å². The second-order valence-electron chi connectivity index (χ2n) is 6.87. The highest BCUT2D eigenvalue weighted by atomic mass is 32.1. The lowest BCUT2D eigenvalue weighted by Crippen LogP contribution is -2.40. The first-order chi connectivity index (χ1) is 11.8. The molecule has 0 radical (unpaired) electrons. The van der Waals surface area contributed by atoms with Crippen molar-refractivity contribution in [3.05, 3.63) is 54.1 Å². The molecule has 2 aliphatic rings. The number of aryl methyl sites for hydroxylation is 1. The standard InChI is InChI=1S/C19H24N4S/c1-22-13-7-11-16(22)18-17(15-10-5-6-12-20-15)21-19(24)23(18)14-8-3-2-4-9-14/h5-7,10-14,17-18H,2-4,8-9H2,1H3,(H,21,24)/t17-,18-/m1/s1. The van der Waals surface area contributed by atoms with Gasteiger partial charge in [0.2, 0.25) is 0 Å². The van der Waals surface area contributed by atoms with E-state index in [0.29, 0.717) is 6.04 Å². The van der Waals surface area contributed by atoms with E-state index in [1.54, 1.807) is 0 Å². The summed E-state index contributed by atoms with van der Waals surface area (Å²) in [5, 5.41) is 4.44. The molecule has 1 N–H and O–H groups in total. The van der Waals surface area contributed by atoms with Crippen molar-refractivity contribution in [3.63, 3.8) is 0 Å². The van der Waals surface area contributed by atoms with Gasteiger partial charge < -0.3 is 14.8 Å². The van der Waals surface area contributed by atoms with Gasteiger partial charge in [0.1, 0.15) is 0 Å². The molecule has 1 saturated heterocycles. The molecule has 24 heavy (non-hydrogen) atoms. The van der Waals surface area contributed by atoms with E-state index < -0.39 is 0 Å². The maximum absolute atomic E-state index is 5.77. The fourth-order valence-corrected chi connectivity index (χ4v) is 4.61. The minimum atomic E-state index is 0.106. The monoisotopic (exact) mass is 340 g/mol. The Balaban J connectivity index is 1.75. The van der Waals surface area contributed by atoms with E-state index in [4.69, 9.17) is 12.2 Å². The third-order valence-electron chi connectivity index (χ3n) is 5.39. The number of aromatic nitrogens is 2. The first kappa shape index (κ1) is 15.6. The summed E-state index contributed by atoms with van der Waals surface area (Å²) in [5.41, 5.74) is 2.35. The molecule has 0 bridgehead atoms. The lowest BCUT2D eigenvalue weighted by atomic mass is 9.92. The van der Waals surface area contributed by atoms with E-state index in [9.17, 15) is 0 Å². The summed E-state index contributed by atoms with van der Waals surface area (Å²) in [6.07, 6.45) is 10.4. The fraction of sp³-hybridized carbons (Fsp3) is 0.474. The fourth-order valence-electron chi connectivity index (χ4n) is 4.22. The van der Waals surface area contributed by atoms with E-state index in [1.807, 2.05) is 12.3 Å². The van der Waals surface area contributed by atoms with E-state index in [2.05, 4.69) is 57.3 Å². The van der Waals surface area contributed by atoms with Crippen molar-refractivity contribution in [1.29, 1.82) is 0 Å². The number of nitrogens with zero attached hydrogens (tertiary/aromatic N) is 3. The van der Waals surface area contributed by atoms with E-state index in [-0.39, 0.29) is 12.1 Å². The maximum Gasteiger partial charge on any atom is 0.170 e. The van der Waals surface area contributed by atoms with Gasteiger partial charge in [0.25, 0.3) is 0 Å². The van der Waals surface area contributed by atoms with E-state index >= 15 is 0 Å². The highest BCUT2D eigenvalue weighted by molar-refractivity contribution is 7.80. The summed E-state index contributed by atoms with van der Waals surface area (Å²) in [5.74, 6) is 0. The Labute approximate surface area is 148 Å². The molecule has 1 aliphatic carbocycles. The van der Waals surface area contributed by atoms with Gasteiger partial charge in [0.15, 0.2) is 5.11 Å². The van der Waals surface area contributed by atoms with Crippen molar-refractivity contribution >= 4 is 17.3 Å². The Bertz CT molecular complexity index is 705. The predicted octanol–water partition coefficient (Wildman–Crippen LogP) is 3.73. The molecule has 1 saturated carbocycles. The van der Waals surface area contributed by atoms with Gasteiger partial charge in [0.05, 0.1) is 17.8 Å². The Morgan fingerprint density at radius 1 is 1.12 bits per heavy atom. The van der Waals surface area contributed by atoms with Gasteiger partial charge in [-0.1, -0.05) is 25.3 Å². The van der Waals surface area contributed by atoms with Crippen LogP contribution in [0.15, 0.2) is 42.7 Å². The van der Waals surface area contributed by atoms with Crippen LogP contribution in [0, 0.1) is 0 Å². The molecule has 0 aromatic carbocycles. The minimum Gasteiger partial charge on any atom is -0.353 e. The summed E-state index contributed by atoms with van der Waals surface area (Å²) in [6.45, 7) is 0. The molecule has 0 unspecified atom stereocenters. The van der Waals surface area contributed by atoms with Crippen LogP contribution < -0.4 is 5.32 Å². The molecule has 5 heteroatoms. The molecule has 2 atom stereocenters. The molecule has 4 rings (SSSR count). The number of hydrogen-bond donors (Lipinski definition) is 1. The van der Waals surface area contributed by atoms with Gasteiger partial charge in [-0.2, -0.15) is 0 Å². The Morgan fingerprint density at radius 3 is 2.62 bits per heavy atom. The normalized spacial score (nSPS) is 25.0. The van der Waals surface area contributed by atoms with Crippen molar-refractivity contribution in [2.24, 2.45) is 7.05 Å². The van der Waals surface area contributed by atoms with Crippen LogP contribution in [0.2, 0.25) is 0 Å². The Morgan fingerprint density at radius 2 is 1.96 bits per heavy atom.